The third kappa shape index (κ3) is 4.84. The van der Waals surface area contributed by atoms with E-state index in [0.717, 1.165) is 14.2 Å². The normalized spacial score (nSPS) is 21.5. The summed E-state index contributed by atoms with van der Waals surface area (Å²) in [5.74, 6) is -3.30. The minimum atomic E-state index is -1.86. The van der Waals surface area contributed by atoms with Gasteiger partial charge in [0, 0.05) is 19.0 Å². The van der Waals surface area contributed by atoms with Gasteiger partial charge in [0.2, 0.25) is 5.54 Å². The van der Waals surface area contributed by atoms with Crippen LogP contribution >= 0.6 is 0 Å². The van der Waals surface area contributed by atoms with E-state index in [9.17, 15) is 19.2 Å². The van der Waals surface area contributed by atoms with E-state index in [-0.39, 0.29) is 13.0 Å². The van der Waals surface area contributed by atoms with Crippen molar-refractivity contribution in [2.75, 3.05) is 27.9 Å². The van der Waals surface area contributed by atoms with Gasteiger partial charge in [0.05, 0.1) is 27.2 Å². The second-order valence-electron chi connectivity index (χ2n) is 6.86. The number of carbonyl (C=O) groups is 4. The lowest BCUT2D eigenvalue weighted by atomic mass is 9.91. The molecule has 0 aromatic heterocycles. The lowest BCUT2D eigenvalue weighted by molar-refractivity contribution is -0.162. The van der Waals surface area contributed by atoms with Crippen molar-refractivity contribution < 1.29 is 38.1 Å². The molecule has 26 heavy (non-hydrogen) atoms. The van der Waals surface area contributed by atoms with Crippen molar-refractivity contribution in [2.24, 2.45) is 5.92 Å². The summed E-state index contributed by atoms with van der Waals surface area (Å²) in [7, 11) is 3.43. The number of ether oxygens (including phenoxy) is 4. The molecule has 0 radical (unpaired) electrons. The van der Waals surface area contributed by atoms with Gasteiger partial charge in [0.15, 0.2) is 0 Å². The fourth-order valence-corrected chi connectivity index (χ4v) is 2.76. The van der Waals surface area contributed by atoms with Crippen molar-refractivity contribution in [2.45, 2.75) is 44.4 Å². The maximum Gasteiger partial charge on any atom is 0.407 e. The number of methoxy groups -OCH3 is 3. The molecule has 1 amide bonds. The zero-order valence-electron chi connectivity index (χ0n) is 15.8. The second-order valence-corrected chi connectivity index (χ2v) is 6.86. The third-order valence-electron chi connectivity index (χ3n) is 3.88. The molecular weight excluding hydrogens is 348 g/mol. The Morgan fingerprint density at radius 2 is 1.58 bits per heavy atom. The largest absolute Gasteiger partial charge is 0.469 e. The Kier molecular flexibility index (Phi) is 6.96. The number of esters is 3. The van der Waals surface area contributed by atoms with Crippen LogP contribution in [0.3, 0.4) is 0 Å². The number of amides is 1. The molecule has 10 nitrogen and oxygen atoms in total. The van der Waals surface area contributed by atoms with Crippen molar-refractivity contribution in [1.29, 1.82) is 0 Å². The van der Waals surface area contributed by atoms with Crippen LogP contribution in [0.15, 0.2) is 0 Å². The van der Waals surface area contributed by atoms with Crippen LogP contribution in [0.4, 0.5) is 4.79 Å². The van der Waals surface area contributed by atoms with Crippen LogP contribution in [0.2, 0.25) is 0 Å². The summed E-state index contributed by atoms with van der Waals surface area (Å²) in [6, 6.07) is -0.770. The summed E-state index contributed by atoms with van der Waals surface area (Å²) in [5, 5.41) is 5.28. The van der Waals surface area contributed by atoms with Gasteiger partial charge < -0.3 is 24.3 Å². The van der Waals surface area contributed by atoms with Crippen LogP contribution in [-0.4, -0.2) is 69.1 Å². The molecule has 0 unspecified atom stereocenters. The van der Waals surface area contributed by atoms with Crippen molar-refractivity contribution in [1.82, 2.24) is 10.6 Å². The highest BCUT2D eigenvalue weighted by Gasteiger charge is 2.59. The van der Waals surface area contributed by atoms with Crippen molar-refractivity contribution in [3.05, 3.63) is 0 Å². The maximum atomic E-state index is 12.2. The molecule has 1 aliphatic rings. The maximum absolute atomic E-state index is 12.2. The molecule has 1 rings (SSSR count). The van der Waals surface area contributed by atoms with Crippen LogP contribution in [0.1, 0.15) is 27.2 Å². The second kappa shape index (κ2) is 8.35. The Bertz CT molecular complexity index is 553. The van der Waals surface area contributed by atoms with E-state index in [1.165, 1.54) is 7.11 Å². The summed E-state index contributed by atoms with van der Waals surface area (Å²) >= 11 is 0. The molecule has 2 atom stereocenters. The fraction of sp³-hybridized carbons (Fsp3) is 0.750. The van der Waals surface area contributed by atoms with Gasteiger partial charge in [0.1, 0.15) is 5.60 Å². The first kappa shape index (κ1) is 21.7. The van der Waals surface area contributed by atoms with Crippen molar-refractivity contribution >= 4 is 24.0 Å². The van der Waals surface area contributed by atoms with E-state index < -0.39 is 47.1 Å². The molecule has 1 aliphatic heterocycles. The number of nitrogens with one attached hydrogen (secondary N) is 2. The van der Waals surface area contributed by atoms with E-state index in [1.54, 1.807) is 20.8 Å². The van der Waals surface area contributed by atoms with E-state index in [2.05, 4.69) is 10.6 Å². The Hall–Kier alpha value is -2.36. The minimum absolute atomic E-state index is 0.0789. The molecule has 0 aliphatic carbocycles. The van der Waals surface area contributed by atoms with E-state index >= 15 is 0 Å². The predicted octanol–water partition coefficient (Wildman–Crippen LogP) is -0.253. The monoisotopic (exact) mass is 374 g/mol. The van der Waals surface area contributed by atoms with Crippen LogP contribution in [-0.2, 0) is 33.3 Å². The Labute approximate surface area is 151 Å². The first-order chi connectivity index (χ1) is 12.0. The number of carbonyl (C=O) groups excluding carboxylic acids is 4. The van der Waals surface area contributed by atoms with Crippen molar-refractivity contribution in [3.63, 3.8) is 0 Å². The van der Waals surface area contributed by atoms with Gasteiger partial charge in [-0.1, -0.05) is 0 Å². The molecule has 148 valence electrons. The smallest absolute Gasteiger partial charge is 0.407 e. The molecule has 0 spiro atoms. The zero-order chi connectivity index (χ0) is 20.1. The molecular formula is C16H26N2O8. The SMILES string of the molecule is COC(=O)[C@@H]1CC(C(=O)OC)(C(=O)OC)N[C@@H]1CNC(=O)OC(C)(C)C. The van der Waals surface area contributed by atoms with Gasteiger partial charge in [0.25, 0.3) is 0 Å². The first-order valence-corrected chi connectivity index (χ1v) is 8.00. The number of rotatable bonds is 5. The molecule has 2 N–H and O–H groups in total. The van der Waals surface area contributed by atoms with Gasteiger partial charge in [-0.2, -0.15) is 0 Å². The highest BCUT2D eigenvalue weighted by atomic mass is 16.6. The average Bonchev–Trinajstić information content (AvgIpc) is 2.97. The van der Waals surface area contributed by atoms with Crippen LogP contribution in [0.5, 0.6) is 0 Å². The Morgan fingerprint density at radius 3 is 2.00 bits per heavy atom. The van der Waals surface area contributed by atoms with E-state index in [0.29, 0.717) is 0 Å². The summed E-state index contributed by atoms with van der Waals surface area (Å²) in [4.78, 5) is 48.4. The van der Waals surface area contributed by atoms with Gasteiger partial charge in [-0.15, -0.1) is 0 Å². The number of hydrogen-bond donors (Lipinski definition) is 2. The van der Waals surface area contributed by atoms with Gasteiger partial charge in [-0.3, -0.25) is 10.1 Å². The number of hydrogen-bond acceptors (Lipinski definition) is 9. The first-order valence-electron chi connectivity index (χ1n) is 8.00. The number of alkyl carbamates (subject to hydrolysis) is 1. The molecule has 1 fully saturated rings. The van der Waals surface area contributed by atoms with E-state index in [1.807, 2.05) is 0 Å². The molecule has 1 saturated heterocycles. The minimum Gasteiger partial charge on any atom is -0.469 e. The highest BCUT2D eigenvalue weighted by molar-refractivity contribution is 6.06. The molecule has 0 aromatic carbocycles. The standard InChI is InChI=1S/C16H26N2O8/c1-15(2,3)26-14(22)17-8-10-9(11(19)23-4)7-16(18-10,12(20)24-5)13(21)25-6/h9-10,18H,7-8H2,1-6H3,(H,17,22)/t9-,10-/m1/s1. The lowest BCUT2D eigenvalue weighted by Crippen LogP contribution is -2.58. The molecule has 0 saturated carbocycles. The summed E-state index contributed by atoms with van der Waals surface area (Å²) in [6.45, 7) is 5.04. The lowest BCUT2D eigenvalue weighted by Gasteiger charge is -2.25. The topological polar surface area (TPSA) is 129 Å². The summed E-state index contributed by atoms with van der Waals surface area (Å²) < 4.78 is 19.3. The molecule has 0 aromatic rings. The zero-order valence-corrected chi connectivity index (χ0v) is 15.8. The van der Waals surface area contributed by atoms with Gasteiger partial charge in [-0.05, 0) is 20.8 Å². The highest BCUT2D eigenvalue weighted by Crippen LogP contribution is 2.32. The predicted molar refractivity (Wildman–Crippen MR) is 88.0 cm³/mol. The quantitative estimate of drug-likeness (QED) is 0.380. The Morgan fingerprint density at radius 1 is 1.04 bits per heavy atom. The average molecular weight is 374 g/mol. The summed E-state index contributed by atoms with van der Waals surface area (Å²) in [5.41, 5.74) is -2.56. The van der Waals surface area contributed by atoms with Crippen LogP contribution < -0.4 is 10.6 Å². The fourth-order valence-electron chi connectivity index (χ4n) is 2.76. The van der Waals surface area contributed by atoms with Gasteiger partial charge >= 0.3 is 24.0 Å². The van der Waals surface area contributed by atoms with Crippen LogP contribution in [0, 0.1) is 5.92 Å². The molecule has 0 bridgehead atoms. The molecule has 10 heteroatoms. The Balaban J connectivity index is 3.00. The van der Waals surface area contributed by atoms with Gasteiger partial charge in [-0.25, -0.2) is 14.4 Å². The third-order valence-corrected chi connectivity index (χ3v) is 3.88. The van der Waals surface area contributed by atoms with Crippen LogP contribution in [0.25, 0.3) is 0 Å². The van der Waals surface area contributed by atoms with Crippen molar-refractivity contribution in [3.8, 4) is 0 Å². The van der Waals surface area contributed by atoms with E-state index in [4.69, 9.17) is 18.9 Å². The summed E-state index contributed by atoms with van der Waals surface area (Å²) in [6.07, 6.45) is -0.920. The molecule has 1 heterocycles.